The zero-order valence-electron chi connectivity index (χ0n) is 8.22. The molecule has 13 heavy (non-hydrogen) atoms. The standard InChI is InChI=1S/C12H15N/c1-3-9-6-5-7-10-8-11(4-2)13-12(9)10/h5-8,13H,3-4H2,1-2H3. The number of aryl methyl sites for hydroxylation is 2. The van der Waals surface area contributed by atoms with Gasteiger partial charge in [0, 0.05) is 11.2 Å². The third-order valence-corrected chi connectivity index (χ3v) is 2.56. The van der Waals surface area contributed by atoms with Crippen molar-refractivity contribution in [2.45, 2.75) is 26.7 Å². The lowest BCUT2D eigenvalue weighted by Crippen LogP contribution is -1.82. The zero-order chi connectivity index (χ0) is 9.26. The van der Waals surface area contributed by atoms with Gasteiger partial charge in [-0.3, -0.25) is 0 Å². The lowest BCUT2D eigenvalue weighted by atomic mass is 10.1. The predicted molar refractivity (Wildman–Crippen MR) is 57.1 cm³/mol. The number of hydrogen-bond acceptors (Lipinski definition) is 0. The number of para-hydroxylation sites is 1. The zero-order valence-corrected chi connectivity index (χ0v) is 8.22. The Morgan fingerprint density at radius 1 is 1.15 bits per heavy atom. The molecule has 0 saturated heterocycles. The fraction of sp³-hybridized carbons (Fsp3) is 0.333. The third kappa shape index (κ3) is 1.35. The summed E-state index contributed by atoms with van der Waals surface area (Å²) in [5, 5.41) is 1.34. The molecule has 2 aromatic rings. The van der Waals surface area contributed by atoms with Crippen molar-refractivity contribution in [1.29, 1.82) is 0 Å². The minimum Gasteiger partial charge on any atom is -0.358 e. The first kappa shape index (κ1) is 8.36. The molecular weight excluding hydrogens is 158 g/mol. The number of aromatic nitrogens is 1. The minimum atomic E-state index is 1.08. The van der Waals surface area contributed by atoms with E-state index in [9.17, 15) is 0 Å². The second-order valence-corrected chi connectivity index (χ2v) is 3.38. The molecule has 0 fully saturated rings. The Kier molecular flexibility index (Phi) is 2.09. The van der Waals surface area contributed by atoms with Crippen molar-refractivity contribution in [2.75, 3.05) is 0 Å². The number of H-pyrrole nitrogens is 1. The highest BCUT2D eigenvalue weighted by Gasteiger charge is 2.01. The van der Waals surface area contributed by atoms with E-state index in [1.165, 1.54) is 22.2 Å². The average molecular weight is 173 g/mol. The molecule has 1 nitrogen and oxygen atoms in total. The average Bonchev–Trinajstić information content (AvgIpc) is 2.59. The van der Waals surface area contributed by atoms with Gasteiger partial charge in [-0.25, -0.2) is 0 Å². The van der Waals surface area contributed by atoms with E-state index in [1.807, 2.05) is 0 Å². The smallest absolute Gasteiger partial charge is 0.0488 e. The van der Waals surface area contributed by atoms with Crippen LogP contribution >= 0.6 is 0 Å². The first-order chi connectivity index (χ1) is 6.35. The lowest BCUT2D eigenvalue weighted by molar-refractivity contribution is 1.07. The molecule has 2 rings (SSSR count). The van der Waals surface area contributed by atoms with Gasteiger partial charge in [0.1, 0.15) is 0 Å². The van der Waals surface area contributed by atoms with E-state index in [1.54, 1.807) is 0 Å². The Hall–Kier alpha value is -1.24. The summed E-state index contributed by atoms with van der Waals surface area (Å²) in [7, 11) is 0. The SMILES string of the molecule is CCc1cc2cccc(CC)c2[nH]1. The van der Waals surface area contributed by atoms with Crippen molar-refractivity contribution in [3.05, 3.63) is 35.5 Å². The maximum atomic E-state index is 3.46. The van der Waals surface area contributed by atoms with E-state index < -0.39 is 0 Å². The van der Waals surface area contributed by atoms with Crippen LogP contribution in [0.25, 0.3) is 10.9 Å². The van der Waals surface area contributed by atoms with Crippen LogP contribution in [0.1, 0.15) is 25.1 Å². The number of benzene rings is 1. The largest absolute Gasteiger partial charge is 0.358 e. The van der Waals surface area contributed by atoms with E-state index in [-0.39, 0.29) is 0 Å². The molecule has 0 aliphatic heterocycles. The highest BCUT2D eigenvalue weighted by atomic mass is 14.7. The van der Waals surface area contributed by atoms with Crippen molar-refractivity contribution in [1.82, 2.24) is 4.98 Å². The van der Waals surface area contributed by atoms with Gasteiger partial charge in [0.25, 0.3) is 0 Å². The van der Waals surface area contributed by atoms with Crippen LogP contribution < -0.4 is 0 Å². The quantitative estimate of drug-likeness (QED) is 0.717. The van der Waals surface area contributed by atoms with Gasteiger partial charge in [-0.1, -0.05) is 32.0 Å². The second-order valence-electron chi connectivity index (χ2n) is 3.38. The van der Waals surface area contributed by atoms with E-state index in [4.69, 9.17) is 0 Å². The van der Waals surface area contributed by atoms with Gasteiger partial charge < -0.3 is 4.98 Å². The van der Waals surface area contributed by atoms with Crippen LogP contribution in [0.15, 0.2) is 24.3 Å². The molecule has 0 aliphatic rings. The van der Waals surface area contributed by atoms with Crippen LogP contribution in [0.5, 0.6) is 0 Å². The summed E-state index contributed by atoms with van der Waals surface area (Å²) in [5.41, 5.74) is 4.06. The third-order valence-electron chi connectivity index (χ3n) is 2.56. The highest BCUT2D eigenvalue weighted by molar-refractivity contribution is 5.83. The lowest BCUT2D eigenvalue weighted by Gasteiger charge is -1.97. The monoisotopic (exact) mass is 173 g/mol. The van der Waals surface area contributed by atoms with E-state index >= 15 is 0 Å². The summed E-state index contributed by atoms with van der Waals surface area (Å²) in [6, 6.07) is 8.74. The number of rotatable bonds is 2. The number of nitrogens with one attached hydrogen (secondary N) is 1. The maximum absolute atomic E-state index is 3.46. The molecule has 0 radical (unpaired) electrons. The fourth-order valence-electron chi connectivity index (χ4n) is 1.76. The van der Waals surface area contributed by atoms with Crippen molar-refractivity contribution < 1.29 is 0 Å². The van der Waals surface area contributed by atoms with E-state index in [2.05, 4.69) is 43.1 Å². The molecule has 0 spiro atoms. The Morgan fingerprint density at radius 3 is 2.69 bits per heavy atom. The summed E-state index contributed by atoms with van der Waals surface area (Å²) >= 11 is 0. The molecule has 1 aromatic heterocycles. The summed E-state index contributed by atoms with van der Waals surface area (Å²) in [6.45, 7) is 4.37. The van der Waals surface area contributed by atoms with Gasteiger partial charge in [0.15, 0.2) is 0 Å². The normalized spacial score (nSPS) is 10.9. The number of hydrogen-bond donors (Lipinski definition) is 1. The van der Waals surface area contributed by atoms with Crippen molar-refractivity contribution >= 4 is 10.9 Å². The van der Waals surface area contributed by atoms with Crippen molar-refractivity contribution in [3.8, 4) is 0 Å². The van der Waals surface area contributed by atoms with E-state index in [0.717, 1.165) is 12.8 Å². The number of aromatic amines is 1. The van der Waals surface area contributed by atoms with Crippen LogP contribution in [0.4, 0.5) is 0 Å². The molecule has 68 valence electrons. The molecule has 0 atom stereocenters. The molecule has 0 saturated carbocycles. The topological polar surface area (TPSA) is 15.8 Å². The molecule has 0 aliphatic carbocycles. The highest BCUT2D eigenvalue weighted by Crippen LogP contribution is 2.19. The molecule has 1 aromatic carbocycles. The molecule has 0 bridgehead atoms. The van der Waals surface area contributed by atoms with Crippen molar-refractivity contribution in [2.24, 2.45) is 0 Å². The second kappa shape index (κ2) is 3.25. The first-order valence-corrected chi connectivity index (χ1v) is 4.94. The van der Waals surface area contributed by atoms with Gasteiger partial charge in [-0.2, -0.15) is 0 Å². The Labute approximate surface area is 78.8 Å². The minimum absolute atomic E-state index is 1.08. The van der Waals surface area contributed by atoms with Crippen molar-refractivity contribution in [3.63, 3.8) is 0 Å². The summed E-state index contributed by atoms with van der Waals surface area (Å²) < 4.78 is 0. The molecule has 1 heterocycles. The summed E-state index contributed by atoms with van der Waals surface area (Å²) in [4.78, 5) is 3.46. The first-order valence-electron chi connectivity index (χ1n) is 4.94. The van der Waals surface area contributed by atoms with Gasteiger partial charge in [0.2, 0.25) is 0 Å². The number of fused-ring (bicyclic) bond motifs is 1. The molecule has 1 N–H and O–H groups in total. The Morgan fingerprint density at radius 2 is 2.00 bits per heavy atom. The van der Waals surface area contributed by atoms with Gasteiger partial charge >= 0.3 is 0 Å². The van der Waals surface area contributed by atoms with Crippen LogP contribution in [0.3, 0.4) is 0 Å². The van der Waals surface area contributed by atoms with Gasteiger partial charge in [-0.15, -0.1) is 0 Å². The molecule has 0 unspecified atom stereocenters. The van der Waals surface area contributed by atoms with Gasteiger partial charge in [-0.05, 0) is 29.9 Å². The van der Waals surface area contributed by atoms with Crippen LogP contribution in [0, 0.1) is 0 Å². The van der Waals surface area contributed by atoms with Crippen LogP contribution in [0.2, 0.25) is 0 Å². The van der Waals surface area contributed by atoms with Gasteiger partial charge in [0.05, 0.1) is 0 Å². The predicted octanol–water partition coefficient (Wildman–Crippen LogP) is 3.29. The molecular formula is C12H15N. The summed E-state index contributed by atoms with van der Waals surface area (Å²) in [5.74, 6) is 0. The maximum Gasteiger partial charge on any atom is 0.0488 e. The van der Waals surface area contributed by atoms with E-state index in [0.29, 0.717) is 0 Å². The Balaban J connectivity index is 2.67. The molecule has 0 amide bonds. The summed E-state index contributed by atoms with van der Waals surface area (Å²) in [6.07, 6.45) is 2.18. The fourth-order valence-corrected chi connectivity index (χ4v) is 1.76. The van der Waals surface area contributed by atoms with Crippen LogP contribution in [-0.2, 0) is 12.8 Å². The molecule has 1 heteroatoms. The Bertz CT molecular complexity index is 412. The van der Waals surface area contributed by atoms with Crippen LogP contribution in [-0.4, -0.2) is 4.98 Å².